The Hall–Kier alpha value is -2.75. The number of hydrogen-bond donors (Lipinski definition) is 2. The number of ether oxygens (including phenoxy) is 2. The van der Waals surface area contributed by atoms with Crippen LogP contribution in [0.2, 0.25) is 5.02 Å². The zero-order valence-electron chi connectivity index (χ0n) is 18.0. The summed E-state index contributed by atoms with van der Waals surface area (Å²) in [7, 11) is 0. The molecule has 0 bridgehead atoms. The van der Waals surface area contributed by atoms with Crippen molar-refractivity contribution in [2.45, 2.75) is 39.5 Å². The molecule has 2 aromatic heterocycles. The number of fused-ring (bicyclic) bond motifs is 1. The van der Waals surface area contributed by atoms with Gasteiger partial charge in [-0.1, -0.05) is 17.7 Å². The van der Waals surface area contributed by atoms with E-state index in [2.05, 4.69) is 10.3 Å². The summed E-state index contributed by atoms with van der Waals surface area (Å²) in [5, 5.41) is 3.02. The van der Waals surface area contributed by atoms with Crippen LogP contribution in [-0.2, 0) is 11.3 Å². The van der Waals surface area contributed by atoms with Gasteiger partial charge in [-0.25, -0.2) is 13.8 Å². The Morgan fingerprint density at radius 2 is 2.00 bits per heavy atom. The first-order chi connectivity index (χ1) is 15.2. The molecule has 172 valence electrons. The molecule has 0 saturated heterocycles. The van der Waals surface area contributed by atoms with Gasteiger partial charge in [0.15, 0.2) is 11.4 Å². The molecule has 10 heteroatoms. The van der Waals surface area contributed by atoms with E-state index in [4.69, 9.17) is 26.8 Å². The summed E-state index contributed by atoms with van der Waals surface area (Å²) in [5.41, 5.74) is 6.73. The molecule has 32 heavy (non-hydrogen) atoms. The molecule has 3 N–H and O–H groups in total. The van der Waals surface area contributed by atoms with Gasteiger partial charge < -0.3 is 20.5 Å². The number of nitrogens with one attached hydrogen (secondary N) is 1. The summed E-state index contributed by atoms with van der Waals surface area (Å²) in [4.78, 5) is 17.2. The fourth-order valence-electron chi connectivity index (χ4n) is 3.08. The summed E-state index contributed by atoms with van der Waals surface area (Å²) >= 11 is 6.21. The van der Waals surface area contributed by atoms with Gasteiger partial charge in [0, 0.05) is 24.8 Å². The number of carbonyl (C=O) groups excluding carboxylic acids is 1. The maximum Gasteiger partial charge on any atom is 0.270 e. The van der Waals surface area contributed by atoms with Gasteiger partial charge in [-0.2, -0.15) is 0 Å². The summed E-state index contributed by atoms with van der Waals surface area (Å²) in [6.07, 6.45) is 1.56. The highest BCUT2D eigenvalue weighted by molar-refractivity contribution is 6.30. The summed E-state index contributed by atoms with van der Waals surface area (Å²) in [5.74, 6) is -1.66. The molecule has 3 aromatic rings. The maximum absolute atomic E-state index is 13.9. The second kappa shape index (κ2) is 10.2. The minimum Gasteiger partial charge on any atom is -0.485 e. The number of pyridine rings is 1. The molecule has 0 fully saturated rings. The van der Waals surface area contributed by atoms with E-state index in [1.165, 1.54) is 22.7 Å². The predicted octanol–water partition coefficient (Wildman–Crippen LogP) is 3.64. The van der Waals surface area contributed by atoms with E-state index in [-0.39, 0.29) is 47.3 Å². The van der Waals surface area contributed by atoms with Crippen LogP contribution in [0.5, 0.6) is 5.75 Å². The van der Waals surface area contributed by atoms with Crippen LogP contribution < -0.4 is 15.8 Å². The van der Waals surface area contributed by atoms with Gasteiger partial charge in [0.1, 0.15) is 23.9 Å². The number of aryl methyl sites for hydroxylation is 1. The van der Waals surface area contributed by atoms with Crippen LogP contribution in [0.3, 0.4) is 0 Å². The van der Waals surface area contributed by atoms with Crippen molar-refractivity contribution in [3.63, 3.8) is 0 Å². The van der Waals surface area contributed by atoms with Crippen LogP contribution in [0, 0.1) is 18.6 Å². The number of amides is 1. The van der Waals surface area contributed by atoms with E-state index in [9.17, 15) is 13.6 Å². The van der Waals surface area contributed by atoms with Crippen molar-refractivity contribution in [2.24, 2.45) is 5.73 Å². The third kappa shape index (κ3) is 5.53. The van der Waals surface area contributed by atoms with E-state index in [0.29, 0.717) is 17.9 Å². The lowest BCUT2D eigenvalue weighted by atomic mass is 10.2. The SMILES string of the molecule is Cc1nc2c(OCc3c(F)cccc3F)cc(Cl)cn2c1C(=O)NCC(N)COC(C)C. The molecule has 1 atom stereocenters. The molecule has 0 radical (unpaired) electrons. The monoisotopic (exact) mass is 466 g/mol. The van der Waals surface area contributed by atoms with Crippen LogP contribution in [0.25, 0.3) is 5.65 Å². The number of imidazole rings is 1. The molecule has 0 aliphatic carbocycles. The van der Waals surface area contributed by atoms with Gasteiger partial charge >= 0.3 is 0 Å². The third-order valence-electron chi connectivity index (χ3n) is 4.64. The molecule has 3 rings (SSSR count). The average molecular weight is 467 g/mol. The lowest BCUT2D eigenvalue weighted by Gasteiger charge is -2.15. The van der Waals surface area contributed by atoms with Crippen LogP contribution in [0.15, 0.2) is 30.5 Å². The van der Waals surface area contributed by atoms with Gasteiger partial charge in [-0.05, 0) is 32.9 Å². The Balaban J connectivity index is 1.82. The smallest absolute Gasteiger partial charge is 0.270 e. The Labute approximate surface area is 189 Å². The predicted molar refractivity (Wildman–Crippen MR) is 117 cm³/mol. The topological polar surface area (TPSA) is 90.9 Å². The molecule has 1 amide bonds. The van der Waals surface area contributed by atoms with Crippen molar-refractivity contribution in [3.05, 3.63) is 64.1 Å². The minimum absolute atomic E-state index is 0.0381. The quantitative estimate of drug-likeness (QED) is 0.502. The highest BCUT2D eigenvalue weighted by Crippen LogP contribution is 2.28. The van der Waals surface area contributed by atoms with Crippen LogP contribution in [-0.4, -0.2) is 40.6 Å². The number of hydrogen-bond acceptors (Lipinski definition) is 5. The fraction of sp³-hybridized carbons (Fsp3) is 0.364. The molecule has 7 nitrogen and oxygen atoms in total. The number of nitrogens with two attached hydrogens (primary N) is 1. The Bertz CT molecular complexity index is 1100. The lowest BCUT2D eigenvalue weighted by Crippen LogP contribution is -2.41. The largest absolute Gasteiger partial charge is 0.485 e. The number of halogens is 3. The maximum atomic E-state index is 13.9. The van der Waals surface area contributed by atoms with E-state index >= 15 is 0 Å². The molecule has 0 aliphatic rings. The van der Waals surface area contributed by atoms with Gasteiger partial charge in [0.25, 0.3) is 5.91 Å². The normalized spacial score (nSPS) is 12.4. The highest BCUT2D eigenvalue weighted by Gasteiger charge is 2.21. The number of benzene rings is 1. The summed E-state index contributed by atoms with van der Waals surface area (Å²) in [6.45, 7) is 5.61. The molecule has 0 saturated carbocycles. The number of nitrogens with zero attached hydrogens (tertiary/aromatic N) is 2. The second-order valence-corrected chi connectivity index (χ2v) is 8.04. The van der Waals surface area contributed by atoms with E-state index < -0.39 is 17.5 Å². The van der Waals surface area contributed by atoms with Crippen LogP contribution in [0.1, 0.15) is 35.6 Å². The van der Waals surface area contributed by atoms with Gasteiger partial charge in [-0.3, -0.25) is 9.20 Å². The second-order valence-electron chi connectivity index (χ2n) is 7.60. The average Bonchev–Trinajstić information content (AvgIpc) is 3.05. The van der Waals surface area contributed by atoms with Crippen LogP contribution in [0.4, 0.5) is 8.78 Å². The van der Waals surface area contributed by atoms with Gasteiger partial charge in [0.05, 0.1) is 29.0 Å². The Morgan fingerprint density at radius 3 is 2.66 bits per heavy atom. The van der Waals surface area contributed by atoms with Crippen LogP contribution >= 0.6 is 11.6 Å². The summed E-state index contributed by atoms with van der Waals surface area (Å²) < 4.78 is 40.4. The first-order valence-electron chi connectivity index (χ1n) is 10.1. The van der Waals surface area contributed by atoms with E-state index in [1.54, 1.807) is 6.92 Å². The fourth-order valence-corrected chi connectivity index (χ4v) is 3.28. The van der Waals surface area contributed by atoms with Crippen molar-refractivity contribution in [1.29, 1.82) is 0 Å². The molecule has 2 heterocycles. The van der Waals surface area contributed by atoms with Crippen molar-refractivity contribution in [2.75, 3.05) is 13.2 Å². The Morgan fingerprint density at radius 1 is 1.31 bits per heavy atom. The van der Waals surface area contributed by atoms with Crippen molar-refractivity contribution >= 4 is 23.2 Å². The van der Waals surface area contributed by atoms with Crippen molar-refractivity contribution in [1.82, 2.24) is 14.7 Å². The van der Waals surface area contributed by atoms with E-state index in [1.807, 2.05) is 13.8 Å². The minimum atomic E-state index is -0.722. The molecular weight excluding hydrogens is 442 g/mol. The molecule has 0 spiro atoms. The molecular formula is C22H25ClF2N4O3. The molecule has 1 unspecified atom stereocenters. The zero-order chi connectivity index (χ0) is 23.4. The number of rotatable bonds is 9. The third-order valence-corrected chi connectivity index (χ3v) is 4.85. The number of carbonyl (C=O) groups is 1. The van der Waals surface area contributed by atoms with Gasteiger partial charge in [0.2, 0.25) is 0 Å². The van der Waals surface area contributed by atoms with E-state index in [0.717, 1.165) is 12.1 Å². The Kier molecular flexibility index (Phi) is 7.65. The van der Waals surface area contributed by atoms with Crippen molar-refractivity contribution in [3.8, 4) is 5.75 Å². The first-order valence-corrected chi connectivity index (χ1v) is 10.4. The molecule has 0 aliphatic heterocycles. The van der Waals surface area contributed by atoms with Gasteiger partial charge in [-0.15, -0.1) is 0 Å². The molecule has 1 aromatic carbocycles. The first kappa shape index (κ1) is 23.9. The zero-order valence-corrected chi connectivity index (χ0v) is 18.7. The summed E-state index contributed by atoms with van der Waals surface area (Å²) in [6, 6.07) is 4.67. The van der Waals surface area contributed by atoms with Crippen molar-refractivity contribution < 1.29 is 23.0 Å². The highest BCUT2D eigenvalue weighted by atomic mass is 35.5. The lowest BCUT2D eigenvalue weighted by molar-refractivity contribution is 0.0672. The number of aromatic nitrogens is 2. The standard InChI is InChI=1S/C22H25ClF2N4O3/c1-12(2)31-10-15(26)8-27-22(30)20-13(3)28-21-19(7-14(23)9-29(20)21)32-11-16-17(24)5-4-6-18(16)25/h4-7,9,12,15H,8,10-11,26H2,1-3H3,(H,27,30).